The van der Waals surface area contributed by atoms with Gasteiger partial charge in [-0.15, -0.1) is 0 Å². The third-order valence-corrected chi connectivity index (χ3v) is 11.2. The van der Waals surface area contributed by atoms with Gasteiger partial charge in [0, 0.05) is 11.1 Å². The van der Waals surface area contributed by atoms with E-state index in [1.54, 1.807) is 0 Å². The van der Waals surface area contributed by atoms with Crippen molar-refractivity contribution in [2.45, 2.75) is 180 Å². The van der Waals surface area contributed by atoms with Gasteiger partial charge < -0.3 is 39.4 Å². The molecule has 0 amide bonds. The lowest BCUT2D eigenvalue weighted by Crippen LogP contribution is -2.21. The molecule has 0 saturated carbocycles. The van der Waals surface area contributed by atoms with Crippen LogP contribution in [-0.2, 0) is 0 Å². The molecule has 3 aromatic rings. The Morgan fingerprint density at radius 2 is 0.667 bits per heavy atom. The van der Waals surface area contributed by atoms with Crippen LogP contribution in [0, 0.1) is 0 Å². The molecule has 0 saturated heterocycles. The SMILES string of the molecule is CCCCCCCCCCCCCCOc1cc(-c2ccc(OCC(O)CO)cc2)c(OCCCCCCCCCCCCCC)cc1-c1ccc(OCC(O)CO)cc1. The van der Waals surface area contributed by atoms with E-state index < -0.39 is 12.2 Å². The lowest BCUT2D eigenvalue weighted by atomic mass is 9.97. The van der Waals surface area contributed by atoms with Crippen molar-refractivity contribution >= 4 is 0 Å². The molecule has 4 N–H and O–H groups in total. The van der Waals surface area contributed by atoms with Crippen LogP contribution in [0.3, 0.4) is 0 Å². The van der Waals surface area contributed by atoms with Crippen molar-refractivity contribution in [2.75, 3.05) is 39.6 Å². The fourth-order valence-electron chi connectivity index (χ4n) is 7.45. The minimum Gasteiger partial charge on any atom is -0.493 e. The van der Waals surface area contributed by atoms with Gasteiger partial charge in [0.1, 0.15) is 48.4 Å². The van der Waals surface area contributed by atoms with Gasteiger partial charge in [-0.2, -0.15) is 0 Å². The number of ether oxygens (including phenoxy) is 4. The minimum atomic E-state index is -0.935. The average Bonchev–Trinajstić information content (AvgIpc) is 3.28. The molecule has 0 fully saturated rings. The van der Waals surface area contributed by atoms with Crippen LogP contribution < -0.4 is 18.9 Å². The predicted octanol–water partition coefficient (Wildman–Crippen LogP) is 12.6. The topological polar surface area (TPSA) is 118 Å². The van der Waals surface area contributed by atoms with E-state index in [9.17, 15) is 20.4 Å². The Labute approximate surface area is 364 Å². The van der Waals surface area contributed by atoms with Crippen LogP contribution in [0.5, 0.6) is 23.0 Å². The number of aliphatic hydroxyl groups excluding tert-OH is 4. The molecular formula is C52H82O8. The summed E-state index contributed by atoms with van der Waals surface area (Å²) in [7, 11) is 0. The molecule has 338 valence electrons. The first-order valence-electron chi connectivity index (χ1n) is 24.0. The van der Waals surface area contributed by atoms with Gasteiger partial charge in [0.05, 0.1) is 26.4 Å². The Balaban J connectivity index is 1.72. The summed E-state index contributed by atoms with van der Waals surface area (Å²) < 4.78 is 24.7. The highest BCUT2D eigenvalue weighted by Gasteiger charge is 2.17. The first kappa shape index (κ1) is 51.1. The van der Waals surface area contributed by atoms with Crippen LogP contribution in [0.1, 0.15) is 168 Å². The van der Waals surface area contributed by atoms with Gasteiger partial charge in [-0.3, -0.25) is 0 Å². The molecule has 3 aromatic carbocycles. The maximum Gasteiger partial charge on any atom is 0.128 e. The molecule has 0 aromatic heterocycles. The maximum atomic E-state index is 9.79. The van der Waals surface area contributed by atoms with Crippen molar-refractivity contribution in [1.29, 1.82) is 0 Å². The van der Waals surface area contributed by atoms with Gasteiger partial charge in [0.25, 0.3) is 0 Å². The minimum absolute atomic E-state index is 0.0148. The van der Waals surface area contributed by atoms with E-state index in [1.165, 1.54) is 128 Å². The Bertz CT molecular complexity index is 1350. The van der Waals surface area contributed by atoms with Crippen LogP contribution in [0.4, 0.5) is 0 Å². The second-order valence-electron chi connectivity index (χ2n) is 16.7. The molecule has 60 heavy (non-hydrogen) atoms. The molecule has 8 nitrogen and oxygen atoms in total. The predicted molar refractivity (Wildman–Crippen MR) is 248 cm³/mol. The molecule has 0 bridgehead atoms. The van der Waals surface area contributed by atoms with Crippen LogP contribution in [-0.4, -0.2) is 72.3 Å². The Morgan fingerprint density at radius 3 is 0.950 bits per heavy atom. The second-order valence-corrected chi connectivity index (χ2v) is 16.7. The lowest BCUT2D eigenvalue weighted by Gasteiger charge is -2.19. The van der Waals surface area contributed by atoms with Gasteiger partial charge in [0.2, 0.25) is 0 Å². The molecule has 0 heterocycles. The molecule has 0 spiro atoms. The second kappa shape index (κ2) is 33.3. The number of benzene rings is 3. The summed E-state index contributed by atoms with van der Waals surface area (Å²) in [5.74, 6) is 2.78. The van der Waals surface area contributed by atoms with Gasteiger partial charge in [-0.05, 0) is 60.4 Å². The Morgan fingerprint density at radius 1 is 0.383 bits per heavy atom. The summed E-state index contributed by atoms with van der Waals surface area (Å²) in [4.78, 5) is 0. The number of aliphatic hydroxyl groups is 4. The third-order valence-electron chi connectivity index (χ3n) is 11.2. The lowest BCUT2D eigenvalue weighted by molar-refractivity contribution is 0.0536. The molecule has 2 atom stereocenters. The van der Waals surface area contributed by atoms with Gasteiger partial charge in [-0.1, -0.05) is 179 Å². The average molecular weight is 835 g/mol. The zero-order valence-electron chi connectivity index (χ0n) is 37.6. The van der Waals surface area contributed by atoms with E-state index in [0.717, 1.165) is 59.4 Å². The summed E-state index contributed by atoms with van der Waals surface area (Å²) in [6.45, 7) is 5.10. The molecule has 0 aliphatic carbocycles. The Hall–Kier alpha value is -3.30. The largest absolute Gasteiger partial charge is 0.493 e. The van der Waals surface area contributed by atoms with Crippen LogP contribution in [0.15, 0.2) is 60.7 Å². The summed E-state index contributed by atoms with van der Waals surface area (Å²) in [5, 5.41) is 38.0. The zero-order chi connectivity index (χ0) is 42.9. The third kappa shape index (κ3) is 22.0. The number of hydrogen-bond donors (Lipinski definition) is 4. The number of hydrogen-bond acceptors (Lipinski definition) is 8. The first-order chi connectivity index (χ1) is 29.5. The van der Waals surface area contributed by atoms with Crippen LogP contribution >= 0.6 is 0 Å². The van der Waals surface area contributed by atoms with E-state index in [2.05, 4.69) is 26.0 Å². The van der Waals surface area contributed by atoms with E-state index >= 15 is 0 Å². The number of rotatable bonds is 38. The summed E-state index contributed by atoms with van der Waals surface area (Å²) in [6.07, 6.45) is 29.0. The van der Waals surface area contributed by atoms with Crippen molar-refractivity contribution in [3.63, 3.8) is 0 Å². The molecule has 3 rings (SSSR count). The quantitative estimate of drug-likeness (QED) is 0.0422. The van der Waals surface area contributed by atoms with Crippen LogP contribution in [0.2, 0.25) is 0 Å². The molecule has 2 unspecified atom stereocenters. The standard InChI is InChI=1S/C52H82O8/c1-3-5-7-9-11-13-15-17-19-21-23-25-35-57-51-37-50(44-29-33-48(34-30-44)60-42-46(56)40-54)52(58-36-26-24-22-20-18-16-14-12-10-8-6-4-2)38-49(51)43-27-31-47(32-28-43)59-41-45(55)39-53/h27-34,37-38,45-46,53-56H,3-26,35-36,39-42H2,1-2H3. The van der Waals surface area contributed by atoms with Crippen LogP contribution in [0.25, 0.3) is 22.3 Å². The summed E-state index contributed by atoms with van der Waals surface area (Å²) in [6, 6.07) is 19.7. The van der Waals surface area contributed by atoms with Crippen molar-refractivity contribution < 1.29 is 39.4 Å². The van der Waals surface area contributed by atoms with E-state index in [4.69, 9.17) is 18.9 Å². The van der Waals surface area contributed by atoms with Gasteiger partial charge >= 0.3 is 0 Å². The fraction of sp³-hybridized carbons (Fsp3) is 0.654. The van der Waals surface area contributed by atoms with Gasteiger partial charge in [0.15, 0.2) is 0 Å². The highest BCUT2D eigenvalue weighted by atomic mass is 16.5. The smallest absolute Gasteiger partial charge is 0.128 e. The van der Waals surface area contributed by atoms with Crippen molar-refractivity contribution in [2.24, 2.45) is 0 Å². The highest BCUT2D eigenvalue weighted by Crippen LogP contribution is 2.42. The van der Waals surface area contributed by atoms with Gasteiger partial charge in [-0.25, -0.2) is 0 Å². The first-order valence-corrected chi connectivity index (χ1v) is 24.0. The van der Waals surface area contributed by atoms with E-state index in [1.807, 2.05) is 48.5 Å². The monoisotopic (exact) mass is 835 g/mol. The molecule has 0 aliphatic rings. The Kier molecular flexibility index (Phi) is 28.4. The molecule has 0 aliphatic heterocycles. The fourth-order valence-corrected chi connectivity index (χ4v) is 7.45. The molecular weight excluding hydrogens is 753 g/mol. The normalized spacial score (nSPS) is 12.4. The number of unbranched alkanes of at least 4 members (excludes halogenated alkanes) is 22. The summed E-state index contributed by atoms with van der Waals surface area (Å²) in [5.41, 5.74) is 3.79. The van der Waals surface area contributed by atoms with Crippen molar-refractivity contribution in [3.8, 4) is 45.3 Å². The van der Waals surface area contributed by atoms with E-state index in [0.29, 0.717) is 24.7 Å². The molecule has 0 radical (unpaired) electrons. The molecule has 8 heteroatoms. The van der Waals surface area contributed by atoms with Crippen molar-refractivity contribution in [1.82, 2.24) is 0 Å². The van der Waals surface area contributed by atoms with E-state index in [-0.39, 0.29) is 26.4 Å². The zero-order valence-corrected chi connectivity index (χ0v) is 37.6. The van der Waals surface area contributed by atoms with Crippen molar-refractivity contribution in [3.05, 3.63) is 60.7 Å². The maximum absolute atomic E-state index is 9.79. The highest BCUT2D eigenvalue weighted by molar-refractivity contribution is 5.81. The summed E-state index contributed by atoms with van der Waals surface area (Å²) >= 11 is 0.